The number of benzene rings is 1. The minimum atomic E-state index is -4.40. The SMILES string of the molecule is COc1ccc2c(O[C@@H]3C[C@H]4C(=O)N[C@]5(C(=O)NS(=O)(=O)C6(CF)CC6)C[C@H]5/C=C\CC[C@@H](C)C[C@@H](C)[C@H](NC(=O)OC(C)(C)C)C(=O)N4C3)nc(N(C)C)nc2c1. The van der Waals surface area contributed by atoms with Gasteiger partial charge < -0.3 is 34.6 Å². The minimum Gasteiger partial charge on any atom is -0.497 e. The minimum absolute atomic E-state index is 0.0398. The summed E-state index contributed by atoms with van der Waals surface area (Å²) >= 11 is 0. The first-order valence-electron chi connectivity index (χ1n) is 19.8. The molecule has 1 saturated heterocycles. The van der Waals surface area contributed by atoms with Crippen LogP contribution in [0.1, 0.15) is 79.6 Å². The van der Waals surface area contributed by atoms with Crippen molar-refractivity contribution in [3.63, 3.8) is 0 Å². The number of nitrogens with one attached hydrogen (secondary N) is 3. The van der Waals surface area contributed by atoms with Gasteiger partial charge in [-0.1, -0.05) is 26.0 Å². The fraction of sp³-hybridized carbons (Fsp3) is 0.650. The lowest BCUT2D eigenvalue weighted by molar-refractivity contribution is -0.142. The molecule has 4 amide bonds. The molecule has 2 saturated carbocycles. The van der Waals surface area contributed by atoms with Gasteiger partial charge in [0.05, 0.1) is 24.6 Å². The third kappa shape index (κ3) is 8.95. The summed E-state index contributed by atoms with van der Waals surface area (Å²) in [7, 11) is 0.699. The second-order valence-corrected chi connectivity index (χ2v) is 19.6. The van der Waals surface area contributed by atoms with Crippen molar-refractivity contribution >= 4 is 50.7 Å². The number of alkyl halides is 1. The van der Waals surface area contributed by atoms with Crippen LogP contribution in [0.25, 0.3) is 10.9 Å². The van der Waals surface area contributed by atoms with Crippen molar-refractivity contribution in [2.24, 2.45) is 17.8 Å². The molecule has 318 valence electrons. The molecule has 0 unspecified atom stereocenters. The number of hydrogen-bond donors (Lipinski definition) is 3. The summed E-state index contributed by atoms with van der Waals surface area (Å²) in [6, 6.07) is 2.91. The van der Waals surface area contributed by atoms with Crippen LogP contribution in [-0.2, 0) is 29.1 Å². The predicted octanol–water partition coefficient (Wildman–Crippen LogP) is 3.78. The molecule has 6 rings (SSSR count). The Kier molecular flexibility index (Phi) is 11.9. The number of ether oxygens (including phenoxy) is 3. The number of alkyl carbamates (subject to hydrolysis) is 1. The van der Waals surface area contributed by atoms with Crippen molar-refractivity contribution in [1.82, 2.24) is 30.2 Å². The zero-order valence-corrected chi connectivity index (χ0v) is 35.3. The van der Waals surface area contributed by atoms with Gasteiger partial charge in [-0.25, -0.2) is 22.6 Å². The number of carbonyl (C=O) groups excluding carboxylic acids is 4. The molecule has 0 spiro atoms. The van der Waals surface area contributed by atoms with Gasteiger partial charge in [-0.05, 0) is 83.3 Å². The number of sulfonamides is 1. The highest BCUT2D eigenvalue weighted by Crippen LogP contribution is 2.48. The normalized spacial score (nSPS) is 29.1. The molecule has 0 radical (unpaired) electrons. The largest absolute Gasteiger partial charge is 0.497 e. The van der Waals surface area contributed by atoms with Crippen molar-refractivity contribution in [3.05, 3.63) is 30.4 Å². The molecule has 4 aliphatic rings. The van der Waals surface area contributed by atoms with Gasteiger partial charge in [0.2, 0.25) is 33.7 Å². The van der Waals surface area contributed by atoms with Gasteiger partial charge in [0.15, 0.2) is 0 Å². The lowest BCUT2D eigenvalue weighted by Crippen LogP contribution is -2.59. The van der Waals surface area contributed by atoms with E-state index in [0.717, 1.165) is 6.42 Å². The van der Waals surface area contributed by atoms with Crippen LogP contribution in [-0.4, -0.2) is 116 Å². The molecule has 2 aliphatic heterocycles. The quantitative estimate of drug-likeness (QED) is 0.310. The molecule has 18 heteroatoms. The number of halogens is 1. The molecular formula is C40H56FN7O9S. The van der Waals surface area contributed by atoms with Gasteiger partial charge in [0.1, 0.15) is 46.5 Å². The third-order valence-electron chi connectivity index (χ3n) is 11.5. The lowest BCUT2D eigenvalue weighted by atomic mass is 9.88. The average molecular weight is 830 g/mol. The van der Waals surface area contributed by atoms with E-state index in [0.29, 0.717) is 35.4 Å². The molecule has 3 N–H and O–H groups in total. The van der Waals surface area contributed by atoms with E-state index in [9.17, 15) is 32.0 Å². The van der Waals surface area contributed by atoms with E-state index in [1.807, 2.05) is 19.9 Å². The van der Waals surface area contributed by atoms with Gasteiger partial charge in [-0.3, -0.25) is 19.1 Å². The van der Waals surface area contributed by atoms with Crippen molar-refractivity contribution in [2.45, 2.75) is 114 Å². The number of methoxy groups -OCH3 is 1. The molecule has 16 nitrogen and oxygen atoms in total. The summed E-state index contributed by atoms with van der Waals surface area (Å²) in [5, 5.41) is 6.18. The Morgan fingerprint density at radius 1 is 1.12 bits per heavy atom. The highest BCUT2D eigenvalue weighted by atomic mass is 32.2. The number of rotatable bonds is 9. The van der Waals surface area contributed by atoms with Crippen LogP contribution >= 0.6 is 0 Å². The van der Waals surface area contributed by atoms with E-state index < -0.39 is 86.4 Å². The Hall–Kier alpha value is -4.74. The van der Waals surface area contributed by atoms with Crippen molar-refractivity contribution in [2.75, 3.05) is 39.3 Å². The van der Waals surface area contributed by atoms with Crippen molar-refractivity contribution in [1.29, 1.82) is 0 Å². The number of aromatic nitrogens is 2. The third-order valence-corrected chi connectivity index (χ3v) is 13.6. The second-order valence-electron chi connectivity index (χ2n) is 17.6. The van der Waals surface area contributed by atoms with Crippen LogP contribution < -0.4 is 29.7 Å². The summed E-state index contributed by atoms with van der Waals surface area (Å²) < 4.78 is 58.3. The molecule has 2 aromatic rings. The Morgan fingerprint density at radius 2 is 1.84 bits per heavy atom. The Labute approximate surface area is 339 Å². The standard InChI is InChI=1S/C40H56FN7O9S/c1-23-11-9-10-12-25-20-40(25,35(51)46-58(53,54)39(22-41)15-16-39)45-32(49)30-19-27(21-48(30)34(50)31(24(2)17-23)43-37(52)57-38(3,4)5)56-33-28-14-13-26(55-8)18-29(28)42-36(44-33)47(6)7/h10,12-14,18,23-25,27,30-31H,9,11,15-17,19-22H2,1-8H3,(H,43,52)(H,45,49)(H,46,51)/b12-10-/t23-,24-,25-,27-,30+,31+,40-/m1/s1. The van der Waals surface area contributed by atoms with Gasteiger partial charge >= 0.3 is 6.09 Å². The van der Waals surface area contributed by atoms with Crippen LogP contribution in [0.3, 0.4) is 0 Å². The number of fused-ring (bicyclic) bond motifs is 3. The molecule has 58 heavy (non-hydrogen) atoms. The summed E-state index contributed by atoms with van der Waals surface area (Å²) in [6.45, 7) is 7.82. The molecule has 3 heterocycles. The van der Waals surface area contributed by atoms with E-state index in [1.165, 1.54) is 4.90 Å². The zero-order chi connectivity index (χ0) is 42.4. The van der Waals surface area contributed by atoms with Crippen LogP contribution in [0.4, 0.5) is 15.1 Å². The number of carbonyl (C=O) groups is 4. The van der Waals surface area contributed by atoms with E-state index in [1.54, 1.807) is 71.2 Å². The Bertz CT molecular complexity index is 2070. The first-order valence-corrected chi connectivity index (χ1v) is 21.3. The summed E-state index contributed by atoms with van der Waals surface area (Å²) in [5.41, 5.74) is -1.99. The Balaban J connectivity index is 1.37. The monoisotopic (exact) mass is 829 g/mol. The topological polar surface area (TPSA) is 198 Å². The number of amides is 4. The summed E-state index contributed by atoms with van der Waals surface area (Å²) in [4.78, 5) is 69.0. The van der Waals surface area contributed by atoms with Gasteiger partial charge in [0.25, 0.3) is 5.91 Å². The average Bonchev–Trinajstić information content (AvgIpc) is 4.05. The van der Waals surface area contributed by atoms with Gasteiger partial charge in [-0.15, -0.1) is 0 Å². The molecular weight excluding hydrogens is 774 g/mol. The van der Waals surface area contributed by atoms with E-state index in [-0.39, 0.29) is 44.0 Å². The van der Waals surface area contributed by atoms with Crippen molar-refractivity contribution in [3.8, 4) is 11.6 Å². The van der Waals surface area contributed by atoms with Crippen LogP contribution in [0.2, 0.25) is 0 Å². The molecule has 1 aromatic carbocycles. The molecule has 1 aromatic heterocycles. The molecule has 0 bridgehead atoms. The fourth-order valence-corrected chi connectivity index (χ4v) is 9.25. The smallest absolute Gasteiger partial charge is 0.408 e. The highest BCUT2D eigenvalue weighted by molar-refractivity contribution is 7.91. The lowest BCUT2D eigenvalue weighted by Gasteiger charge is -2.33. The zero-order valence-electron chi connectivity index (χ0n) is 34.5. The van der Waals surface area contributed by atoms with Crippen LogP contribution in [0.15, 0.2) is 30.4 Å². The van der Waals surface area contributed by atoms with E-state index >= 15 is 0 Å². The van der Waals surface area contributed by atoms with Crippen molar-refractivity contribution < 1.29 is 46.2 Å². The van der Waals surface area contributed by atoms with E-state index in [2.05, 4.69) is 25.3 Å². The number of nitrogens with zero attached hydrogens (tertiary/aromatic N) is 4. The van der Waals surface area contributed by atoms with Gasteiger partial charge in [0, 0.05) is 32.5 Å². The summed E-state index contributed by atoms with van der Waals surface area (Å²) in [5.74, 6) is -1.95. The maximum Gasteiger partial charge on any atom is 0.408 e. The first-order chi connectivity index (χ1) is 27.2. The van der Waals surface area contributed by atoms with Crippen LogP contribution in [0, 0.1) is 17.8 Å². The number of hydrogen-bond acceptors (Lipinski definition) is 12. The number of anilines is 1. The predicted molar refractivity (Wildman–Crippen MR) is 213 cm³/mol. The number of allylic oxidation sites excluding steroid dienone is 1. The maximum atomic E-state index is 14.9. The second kappa shape index (κ2) is 16.1. The van der Waals surface area contributed by atoms with Crippen LogP contribution in [0.5, 0.6) is 11.6 Å². The molecule has 3 fully saturated rings. The highest BCUT2D eigenvalue weighted by Gasteiger charge is 2.64. The maximum absolute atomic E-state index is 14.9. The summed E-state index contributed by atoms with van der Waals surface area (Å²) in [6.07, 6.45) is 4.22. The Morgan fingerprint density at radius 3 is 2.48 bits per heavy atom. The molecule has 7 atom stereocenters. The van der Waals surface area contributed by atoms with E-state index in [4.69, 9.17) is 14.2 Å². The fourth-order valence-electron chi connectivity index (χ4n) is 7.83. The molecule has 2 aliphatic carbocycles. The van der Waals surface area contributed by atoms with Gasteiger partial charge in [-0.2, -0.15) is 4.98 Å². The first kappa shape index (κ1) is 42.9.